The summed E-state index contributed by atoms with van der Waals surface area (Å²) in [5.41, 5.74) is 2.92. The standard InChI is InChI=1S/C14H24N2O.C14H25NO.C13H23N.C12H22N2O.C11H19NO.3CH4/c1-13(2,3)16-9-14(8-12(16)17)6-10-4-5-11(7-14)15-10;1-13(2,3)15-11-7-10-14(12(15)16)8-5-4-6-9-14;1-11-13(7-5-6-8-13)9-10-14(11)12(2,3)4;1-11(2,3)14-9-6-12(10(14)15)4-7-13-8-5-12;1-10(2,3)12-8-11(5-4-6-11)7-9(12)13;;;/h10-11,15H,4-9H2,1-3H3;4-11H2,1-3H3;1,5-10H2,2-4H3;13H,4-9H2,1-3H3;4-8H2,1-3H3;3*1H4. The second-order valence-electron chi connectivity index (χ2n) is 31.5. The van der Waals surface area contributed by atoms with Crippen molar-refractivity contribution in [1.82, 2.24) is 35.1 Å². The molecule has 11 aliphatic rings. The Hall–Kier alpha value is -2.66. The molecule has 8 heterocycles. The van der Waals surface area contributed by atoms with Gasteiger partial charge in [-0.15, -0.1) is 0 Å². The van der Waals surface area contributed by atoms with Crippen LogP contribution in [0.1, 0.15) is 280 Å². The molecule has 0 radical (unpaired) electrons. The van der Waals surface area contributed by atoms with E-state index in [9.17, 15) is 19.2 Å². The first-order valence-electron chi connectivity index (χ1n) is 30.9. The van der Waals surface area contributed by atoms with Crippen LogP contribution in [0.3, 0.4) is 0 Å². The van der Waals surface area contributed by atoms with Gasteiger partial charge in [-0.2, -0.15) is 0 Å². The Kier molecular flexibility index (Phi) is 21.8. The number of carbonyl (C=O) groups is 4. The number of piperidine rings is 3. The minimum atomic E-state index is -0.0153. The Morgan fingerprint density at radius 1 is 0.410 bits per heavy atom. The van der Waals surface area contributed by atoms with E-state index in [1.54, 1.807) is 0 Å². The molecule has 4 amide bonds. The zero-order valence-electron chi connectivity index (χ0n) is 51.2. The van der Waals surface area contributed by atoms with Crippen molar-refractivity contribution in [1.29, 1.82) is 0 Å². The smallest absolute Gasteiger partial charge is 0.229 e. The summed E-state index contributed by atoms with van der Waals surface area (Å²) < 4.78 is 0. The molecular formula is C67H125N7O4. The van der Waals surface area contributed by atoms with E-state index in [2.05, 4.69) is 146 Å². The zero-order chi connectivity index (χ0) is 55.3. The van der Waals surface area contributed by atoms with Gasteiger partial charge in [-0.1, -0.05) is 67.4 Å². The average molecular weight is 1090 g/mol. The Labute approximate surface area is 481 Å². The van der Waals surface area contributed by atoms with Crippen LogP contribution in [-0.2, 0) is 19.2 Å². The van der Waals surface area contributed by atoms with Crippen molar-refractivity contribution in [3.05, 3.63) is 12.3 Å². The van der Waals surface area contributed by atoms with Crippen molar-refractivity contribution in [2.75, 3.05) is 45.8 Å². The van der Waals surface area contributed by atoms with Gasteiger partial charge in [0, 0.05) is 102 Å². The minimum absolute atomic E-state index is 0. The molecule has 3 aliphatic carbocycles. The lowest BCUT2D eigenvalue weighted by atomic mass is 9.68. The highest BCUT2D eigenvalue weighted by Gasteiger charge is 2.54. The van der Waals surface area contributed by atoms with E-state index in [4.69, 9.17) is 0 Å². The van der Waals surface area contributed by atoms with Gasteiger partial charge >= 0.3 is 0 Å². The summed E-state index contributed by atoms with van der Waals surface area (Å²) in [6.07, 6.45) is 29.0. The fourth-order valence-electron chi connectivity index (χ4n) is 16.1. The van der Waals surface area contributed by atoms with Gasteiger partial charge < -0.3 is 35.1 Å². The molecule has 11 rings (SSSR count). The number of hydrogen-bond donors (Lipinski definition) is 2. The molecule has 452 valence electrons. The first kappa shape index (κ1) is 67.8. The number of nitrogens with zero attached hydrogens (tertiary/aromatic N) is 5. The minimum Gasteiger partial charge on any atom is -0.370 e. The number of likely N-dealkylation sites (tertiary alicyclic amines) is 5. The largest absolute Gasteiger partial charge is 0.370 e. The maximum absolute atomic E-state index is 12.7. The molecule has 2 N–H and O–H groups in total. The molecule has 2 unspecified atom stereocenters. The average Bonchev–Trinajstić information content (AvgIpc) is 4.16. The first-order valence-corrected chi connectivity index (χ1v) is 30.9. The zero-order valence-corrected chi connectivity index (χ0v) is 51.2. The maximum atomic E-state index is 12.7. The van der Waals surface area contributed by atoms with Crippen molar-refractivity contribution in [3.63, 3.8) is 0 Å². The van der Waals surface area contributed by atoms with Crippen molar-refractivity contribution in [2.24, 2.45) is 27.1 Å². The molecule has 0 aromatic carbocycles. The topological polar surface area (TPSA) is 109 Å². The van der Waals surface area contributed by atoms with E-state index in [0.29, 0.717) is 52.0 Å². The number of allylic oxidation sites excluding steroid dienone is 1. The highest BCUT2D eigenvalue weighted by molar-refractivity contribution is 5.86. The second-order valence-corrected chi connectivity index (χ2v) is 31.5. The number of rotatable bonds is 0. The molecule has 78 heavy (non-hydrogen) atoms. The lowest BCUT2D eigenvalue weighted by molar-refractivity contribution is -0.154. The van der Waals surface area contributed by atoms with Gasteiger partial charge in [-0.05, 0) is 231 Å². The predicted octanol–water partition coefficient (Wildman–Crippen LogP) is 14.3. The lowest BCUT2D eigenvalue weighted by Gasteiger charge is -2.48. The summed E-state index contributed by atoms with van der Waals surface area (Å²) in [6.45, 7) is 44.1. The Bertz CT molecular complexity index is 2000. The van der Waals surface area contributed by atoms with Crippen LogP contribution in [0.25, 0.3) is 0 Å². The van der Waals surface area contributed by atoms with Crippen LogP contribution in [0.2, 0.25) is 0 Å². The van der Waals surface area contributed by atoms with Crippen LogP contribution >= 0.6 is 0 Å². The van der Waals surface area contributed by atoms with Crippen LogP contribution in [0.4, 0.5) is 0 Å². The van der Waals surface area contributed by atoms with E-state index in [0.717, 1.165) is 90.6 Å². The number of nitrogens with one attached hydrogen (secondary N) is 2. The van der Waals surface area contributed by atoms with Gasteiger partial charge in [0.25, 0.3) is 0 Å². The molecule has 11 heteroatoms. The molecule has 3 saturated carbocycles. The van der Waals surface area contributed by atoms with Gasteiger partial charge in [0.05, 0.1) is 5.41 Å². The van der Waals surface area contributed by atoms with Gasteiger partial charge in [0.15, 0.2) is 0 Å². The second kappa shape index (κ2) is 25.1. The summed E-state index contributed by atoms with van der Waals surface area (Å²) in [4.78, 5) is 60.0. The molecule has 0 aromatic heterocycles. The van der Waals surface area contributed by atoms with Crippen molar-refractivity contribution in [2.45, 2.75) is 320 Å². The normalized spacial score (nSPS) is 28.7. The third-order valence-electron chi connectivity index (χ3n) is 20.7. The van der Waals surface area contributed by atoms with Gasteiger partial charge in [0.1, 0.15) is 0 Å². The van der Waals surface area contributed by atoms with Gasteiger partial charge in [0.2, 0.25) is 23.6 Å². The summed E-state index contributed by atoms with van der Waals surface area (Å²) in [7, 11) is 0. The Morgan fingerprint density at radius 3 is 1.18 bits per heavy atom. The van der Waals surface area contributed by atoms with Crippen molar-refractivity contribution < 1.29 is 19.2 Å². The van der Waals surface area contributed by atoms with Gasteiger partial charge in [-0.3, -0.25) is 19.2 Å². The summed E-state index contributed by atoms with van der Waals surface area (Å²) in [5.74, 6) is 1.59. The fraction of sp³-hybridized carbons (Fsp3) is 0.910. The van der Waals surface area contributed by atoms with E-state index in [1.807, 2.05) is 0 Å². The highest BCUT2D eigenvalue weighted by atomic mass is 16.2. The monoisotopic (exact) mass is 1090 g/mol. The van der Waals surface area contributed by atoms with E-state index < -0.39 is 0 Å². The quantitative estimate of drug-likeness (QED) is 0.249. The summed E-state index contributed by atoms with van der Waals surface area (Å²) in [5, 5.41) is 7.02. The molecule has 11 nitrogen and oxygen atoms in total. The highest BCUT2D eigenvalue weighted by Crippen LogP contribution is 2.54. The molecular weight excluding hydrogens is 967 g/mol. The van der Waals surface area contributed by atoms with Crippen LogP contribution in [0.5, 0.6) is 0 Å². The number of carbonyl (C=O) groups excluding carboxylic acids is 4. The third kappa shape index (κ3) is 14.9. The molecule has 2 bridgehead atoms. The van der Waals surface area contributed by atoms with Crippen molar-refractivity contribution in [3.8, 4) is 0 Å². The summed E-state index contributed by atoms with van der Waals surface area (Å²) >= 11 is 0. The van der Waals surface area contributed by atoms with Crippen LogP contribution in [0, 0.1) is 27.1 Å². The third-order valence-corrected chi connectivity index (χ3v) is 20.7. The molecule has 0 aromatic rings. The number of fused-ring (bicyclic) bond motifs is 2. The lowest BCUT2D eigenvalue weighted by Crippen LogP contribution is -2.56. The van der Waals surface area contributed by atoms with Crippen LogP contribution in [-0.4, -0.2) is 134 Å². The van der Waals surface area contributed by atoms with Crippen molar-refractivity contribution >= 4 is 23.6 Å². The number of hydrogen-bond acceptors (Lipinski definition) is 7. The molecule has 5 spiro atoms. The molecule has 8 saturated heterocycles. The maximum Gasteiger partial charge on any atom is 0.229 e. The first-order chi connectivity index (χ1) is 34.7. The Morgan fingerprint density at radius 2 is 0.782 bits per heavy atom. The van der Waals surface area contributed by atoms with E-state index >= 15 is 0 Å². The summed E-state index contributed by atoms with van der Waals surface area (Å²) in [6, 6.07) is 1.36. The molecule has 8 aliphatic heterocycles. The van der Waals surface area contributed by atoms with E-state index in [-0.39, 0.29) is 60.8 Å². The van der Waals surface area contributed by atoms with Crippen LogP contribution in [0.15, 0.2) is 12.3 Å². The van der Waals surface area contributed by atoms with E-state index in [1.165, 1.54) is 115 Å². The fourth-order valence-corrected chi connectivity index (χ4v) is 16.1. The van der Waals surface area contributed by atoms with Gasteiger partial charge in [-0.25, -0.2) is 0 Å². The van der Waals surface area contributed by atoms with Crippen LogP contribution < -0.4 is 10.6 Å². The number of amides is 4. The predicted molar refractivity (Wildman–Crippen MR) is 328 cm³/mol. The molecule has 11 fully saturated rings. The molecule has 2 atom stereocenters. The SMILES string of the molecule is C.C.C.C=C1N(C(C)(C)C)CCC12CCCC2.CC(C)(C)N1CC2(CC1=O)CC1CCC(C2)N1.CC(C)(C)N1CC2(CCC2)CC1=O.CC(C)(C)N1CCC2(CCNCC2)C1=O.CC(C)(C)N1CCCC2(CCCCC2)C1=O. The Balaban J connectivity index is 0.000000209.